The lowest BCUT2D eigenvalue weighted by Crippen LogP contribution is -2.83. The summed E-state index contributed by atoms with van der Waals surface area (Å²) < 4.78 is 11.4. The Morgan fingerprint density at radius 1 is 0.815 bits per heavy atom. The summed E-state index contributed by atoms with van der Waals surface area (Å²) in [5.74, 6) is 1.84. The van der Waals surface area contributed by atoms with Crippen LogP contribution in [0.15, 0.2) is 72.8 Å². The third kappa shape index (κ3) is 5.76. The van der Waals surface area contributed by atoms with Gasteiger partial charge < -0.3 is 19.9 Å². The Labute approximate surface area is 160 Å². The van der Waals surface area contributed by atoms with Crippen LogP contribution in [0.5, 0.6) is 17.2 Å². The van der Waals surface area contributed by atoms with E-state index in [2.05, 4.69) is 11.4 Å². The minimum absolute atomic E-state index is 0.316. The van der Waals surface area contributed by atoms with Gasteiger partial charge in [0.1, 0.15) is 18.9 Å². The molecule has 0 bridgehead atoms. The van der Waals surface area contributed by atoms with E-state index in [1.807, 2.05) is 54.6 Å². The molecule has 0 fully saturated rings. The summed E-state index contributed by atoms with van der Waals surface area (Å²) in [5, 5.41) is 11.7. The Hall–Kier alpha value is -2.98. The molecule has 0 atom stereocenters. The maximum atomic E-state index is 9.51. The van der Waals surface area contributed by atoms with Crippen molar-refractivity contribution >= 4 is 0 Å². The van der Waals surface area contributed by atoms with Gasteiger partial charge in [0.15, 0.2) is 11.5 Å². The highest BCUT2D eigenvalue weighted by Gasteiger charge is 2.07. The summed E-state index contributed by atoms with van der Waals surface area (Å²) in [6, 6.07) is 23.6. The van der Waals surface area contributed by atoms with E-state index in [0.717, 1.165) is 42.1 Å². The van der Waals surface area contributed by atoms with Crippen LogP contribution in [0.2, 0.25) is 0 Å². The Balaban J connectivity index is 1.51. The topological polar surface area (TPSA) is 55.3 Å². The maximum absolute atomic E-state index is 9.51. The molecule has 140 valence electrons. The first-order valence-electron chi connectivity index (χ1n) is 9.18. The molecular weight excluding hydrogens is 338 g/mol. The molecule has 0 saturated carbocycles. The Morgan fingerprint density at radius 3 is 2.41 bits per heavy atom. The first kappa shape index (κ1) is 18.8. The molecule has 0 aliphatic carbocycles. The average molecular weight is 364 g/mol. The molecule has 0 heterocycles. The highest BCUT2D eigenvalue weighted by Crippen LogP contribution is 2.28. The lowest BCUT2D eigenvalue weighted by atomic mass is 10.1. The maximum Gasteiger partial charge on any atom is 0.161 e. The largest absolute Gasteiger partial charge is 0.508 e. The molecule has 4 nitrogen and oxygen atoms in total. The lowest BCUT2D eigenvalue weighted by Gasteiger charge is -2.12. The van der Waals surface area contributed by atoms with Gasteiger partial charge in [-0.1, -0.05) is 48.5 Å². The van der Waals surface area contributed by atoms with Crippen molar-refractivity contribution in [2.24, 2.45) is 0 Å². The summed E-state index contributed by atoms with van der Waals surface area (Å²) in [4.78, 5) is 0. The Bertz CT molecular complexity index is 849. The van der Waals surface area contributed by atoms with Gasteiger partial charge in [0.25, 0.3) is 0 Å². The number of methoxy groups -OCH3 is 1. The van der Waals surface area contributed by atoms with E-state index in [-0.39, 0.29) is 0 Å². The van der Waals surface area contributed by atoms with Crippen LogP contribution < -0.4 is 14.8 Å². The number of hydrogen-bond acceptors (Lipinski definition) is 3. The zero-order valence-corrected chi connectivity index (χ0v) is 15.6. The summed E-state index contributed by atoms with van der Waals surface area (Å²) in [5.41, 5.74) is 3.47. The Morgan fingerprint density at radius 2 is 1.63 bits per heavy atom. The zero-order chi connectivity index (χ0) is 18.9. The second-order valence-electron chi connectivity index (χ2n) is 6.46. The minimum Gasteiger partial charge on any atom is -0.508 e. The number of phenolic OH excluding ortho intramolecular Hbond substituents is 1. The number of ether oxygens (including phenoxy) is 2. The first-order chi connectivity index (χ1) is 13.2. The van der Waals surface area contributed by atoms with Gasteiger partial charge in [-0.25, -0.2) is 0 Å². The molecule has 0 spiro atoms. The quantitative estimate of drug-likeness (QED) is 0.573. The van der Waals surface area contributed by atoms with Crippen molar-refractivity contribution in [1.29, 1.82) is 0 Å². The molecule has 0 amide bonds. The first-order valence-corrected chi connectivity index (χ1v) is 9.18. The van der Waals surface area contributed by atoms with Crippen molar-refractivity contribution in [3.63, 3.8) is 0 Å². The van der Waals surface area contributed by atoms with Gasteiger partial charge in [-0.05, 0) is 35.4 Å². The van der Waals surface area contributed by atoms with Crippen LogP contribution in [0.25, 0.3) is 0 Å². The SMILES string of the molecule is COc1cc(CC[NH2+]Cc2cccc(O)c2)ccc1OCc1ccccc1. The van der Waals surface area contributed by atoms with E-state index in [4.69, 9.17) is 9.47 Å². The summed E-state index contributed by atoms with van der Waals surface area (Å²) in [6.07, 6.45) is 0.939. The molecule has 0 saturated heterocycles. The second-order valence-corrected chi connectivity index (χ2v) is 6.46. The molecule has 0 aliphatic heterocycles. The van der Waals surface area contributed by atoms with Crippen molar-refractivity contribution < 1.29 is 19.9 Å². The average Bonchev–Trinajstić information content (AvgIpc) is 2.71. The van der Waals surface area contributed by atoms with E-state index in [1.165, 1.54) is 5.56 Å². The van der Waals surface area contributed by atoms with Crippen molar-refractivity contribution in [2.45, 2.75) is 19.6 Å². The zero-order valence-electron chi connectivity index (χ0n) is 15.6. The third-order valence-corrected chi connectivity index (χ3v) is 4.39. The highest BCUT2D eigenvalue weighted by atomic mass is 16.5. The van der Waals surface area contributed by atoms with Crippen molar-refractivity contribution in [1.82, 2.24) is 0 Å². The molecule has 3 aromatic rings. The van der Waals surface area contributed by atoms with E-state index in [9.17, 15) is 5.11 Å². The normalized spacial score (nSPS) is 10.6. The van der Waals surface area contributed by atoms with Crippen LogP contribution in [-0.2, 0) is 19.6 Å². The molecule has 3 N–H and O–H groups in total. The van der Waals surface area contributed by atoms with Gasteiger partial charge in [-0.2, -0.15) is 0 Å². The highest BCUT2D eigenvalue weighted by molar-refractivity contribution is 5.43. The second kappa shape index (κ2) is 9.64. The minimum atomic E-state index is 0.316. The van der Waals surface area contributed by atoms with Crippen molar-refractivity contribution in [2.75, 3.05) is 13.7 Å². The molecule has 3 rings (SSSR count). The molecule has 0 aliphatic rings. The molecule has 0 radical (unpaired) electrons. The van der Waals surface area contributed by atoms with Gasteiger partial charge in [-0.3, -0.25) is 0 Å². The molecule has 27 heavy (non-hydrogen) atoms. The fraction of sp³-hybridized carbons (Fsp3) is 0.217. The lowest BCUT2D eigenvalue weighted by molar-refractivity contribution is -0.670. The smallest absolute Gasteiger partial charge is 0.161 e. The van der Waals surface area contributed by atoms with E-state index in [0.29, 0.717) is 12.4 Å². The Kier molecular flexibility index (Phi) is 6.72. The van der Waals surface area contributed by atoms with Crippen LogP contribution in [-0.4, -0.2) is 18.8 Å². The number of benzene rings is 3. The van der Waals surface area contributed by atoms with Crippen LogP contribution in [0.4, 0.5) is 0 Å². The molecule has 4 heteroatoms. The van der Waals surface area contributed by atoms with Gasteiger partial charge >= 0.3 is 0 Å². The predicted octanol–water partition coefficient (Wildman–Crippen LogP) is 3.29. The van der Waals surface area contributed by atoms with Gasteiger partial charge in [0, 0.05) is 12.0 Å². The number of phenols is 1. The van der Waals surface area contributed by atoms with E-state index >= 15 is 0 Å². The standard InChI is InChI=1S/C23H25NO3/c1-26-23-15-18(12-13-24-16-20-8-5-9-21(25)14-20)10-11-22(23)27-17-19-6-3-2-4-7-19/h2-11,14-15,24-25H,12-13,16-17H2,1H3/p+1. The van der Waals surface area contributed by atoms with Crippen molar-refractivity contribution in [3.05, 3.63) is 89.5 Å². The fourth-order valence-electron chi connectivity index (χ4n) is 2.94. The van der Waals surface area contributed by atoms with Gasteiger partial charge in [-0.15, -0.1) is 0 Å². The van der Waals surface area contributed by atoms with E-state index in [1.54, 1.807) is 19.2 Å². The molecule has 0 aromatic heterocycles. The summed E-state index contributed by atoms with van der Waals surface area (Å²) >= 11 is 0. The van der Waals surface area contributed by atoms with Crippen LogP contribution in [0.1, 0.15) is 16.7 Å². The monoisotopic (exact) mass is 364 g/mol. The van der Waals surface area contributed by atoms with Crippen molar-refractivity contribution in [3.8, 4) is 17.2 Å². The van der Waals surface area contributed by atoms with Gasteiger partial charge in [0.2, 0.25) is 0 Å². The van der Waals surface area contributed by atoms with Crippen LogP contribution >= 0.6 is 0 Å². The number of rotatable bonds is 9. The molecule has 3 aromatic carbocycles. The fourth-order valence-corrected chi connectivity index (χ4v) is 2.94. The van der Waals surface area contributed by atoms with Crippen LogP contribution in [0.3, 0.4) is 0 Å². The number of nitrogens with two attached hydrogens (primary N) is 1. The van der Waals surface area contributed by atoms with Gasteiger partial charge in [0.05, 0.1) is 13.7 Å². The third-order valence-electron chi connectivity index (χ3n) is 4.39. The number of hydrogen-bond donors (Lipinski definition) is 2. The summed E-state index contributed by atoms with van der Waals surface area (Å²) in [7, 11) is 1.67. The van der Waals surface area contributed by atoms with E-state index < -0.39 is 0 Å². The number of quaternary nitrogens is 1. The molecular formula is C23H26NO3+. The number of aromatic hydroxyl groups is 1. The van der Waals surface area contributed by atoms with Crippen LogP contribution in [0, 0.1) is 0 Å². The molecule has 0 unspecified atom stereocenters. The summed E-state index contributed by atoms with van der Waals surface area (Å²) in [6.45, 7) is 2.33. The predicted molar refractivity (Wildman–Crippen MR) is 106 cm³/mol.